The fraction of sp³-hybridized carbons (Fsp3) is 0.438. The molecule has 1 unspecified atom stereocenters. The summed E-state index contributed by atoms with van der Waals surface area (Å²) in [7, 11) is 3.22. The number of anilines is 1. The molecule has 3 aromatic rings. The standard InChI is InChI=1S/C32H41N3O6S/c1-5-40-26-12-10-25(11-13-26)33-32(37)35(20-27-7-6-18-41-27)22-31(36)34(21-28-14-8-23(2)42-28)17-16-24-9-15-29(38-3)30(19-24)39-4/h8-15,19,27H,5-7,16-18,20-22H2,1-4H3,(H,33,37). The summed E-state index contributed by atoms with van der Waals surface area (Å²) in [6.07, 6.45) is 2.34. The SMILES string of the molecule is CCOc1ccc(NC(=O)N(CC(=O)N(CCc2ccc(OC)c(OC)c2)Cc2ccc(C)s2)CC2CCCO2)cc1. The van der Waals surface area contributed by atoms with Crippen LogP contribution in [0.1, 0.15) is 35.1 Å². The van der Waals surface area contributed by atoms with Gasteiger partial charge in [-0.15, -0.1) is 11.3 Å². The third-order valence-corrected chi connectivity index (χ3v) is 8.08. The second-order valence-corrected chi connectivity index (χ2v) is 11.5. The van der Waals surface area contributed by atoms with Gasteiger partial charge in [0.2, 0.25) is 5.91 Å². The molecule has 0 aliphatic carbocycles. The highest BCUT2D eigenvalue weighted by atomic mass is 32.1. The summed E-state index contributed by atoms with van der Waals surface area (Å²) in [5.41, 5.74) is 1.66. The molecular formula is C32H41N3O6S. The predicted molar refractivity (Wildman–Crippen MR) is 165 cm³/mol. The highest BCUT2D eigenvalue weighted by Crippen LogP contribution is 2.28. The van der Waals surface area contributed by atoms with Crippen LogP contribution in [0.5, 0.6) is 17.2 Å². The summed E-state index contributed by atoms with van der Waals surface area (Å²) in [6.45, 7) is 6.46. The van der Waals surface area contributed by atoms with Crippen molar-refractivity contribution in [3.63, 3.8) is 0 Å². The number of aryl methyl sites for hydroxylation is 1. The Balaban J connectivity index is 1.49. The lowest BCUT2D eigenvalue weighted by molar-refractivity contribution is -0.132. The molecule has 0 radical (unpaired) electrons. The molecule has 0 bridgehead atoms. The molecule has 1 aliphatic rings. The number of amides is 3. The van der Waals surface area contributed by atoms with Crippen LogP contribution in [-0.2, 0) is 22.5 Å². The quantitative estimate of drug-likeness (QED) is 0.255. The minimum Gasteiger partial charge on any atom is -0.494 e. The van der Waals surface area contributed by atoms with Gasteiger partial charge in [-0.25, -0.2) is 4.79 Å². The molecule has 2 heterocycles. The average molecular weight is 596 g/mol. The first kappa shape index (κ1) is 31.2. The van der Waals surface area contributed by atoms with Gasteiger partial charge in [-0.3, -0.25) is 4.79 Å². The lowest BCUT2D eigenvalue weighted by atomic mass is 10.1. The number of hydrogen-bond donors (Lipinski definition) is 1. The summed E-state index contributed by atoms with van der Waals surface area (Å²) in [4.78, 5) is 33.0. The van der Waals surface area contributed by atoms with Crippen LogP contribution in [0, 0.1) is 6.92 Å². The van der Waals surface area contributed by atoms with E-state index in [9.17, 15) is 9.59 Å². The van der Waals surface area contributed by atoms with E-state index in [4.69, 9.17) is 18.9 Å². The Hall–Kier alpha value is -3.76. The van der Waals surface area contributed by atoms with Crippen molar-refractivity contribution in [1.29, 1.82) is 0 Å². The molecule has 0 spiro atoms. The van der Waals surface area contributed by atoms with Crippen LogP contribution in [0.4, 0.5) is 10.5 Å². The molecule has 4 rings (SSSR count). The molecule has 1 N–H and O–H groups in total. The molecular weight excluding hydrogens is 554 g/mol. The van der Waals surface area contributed by atoms with Crippen molar-refractivity contribution < 1.29 is 28.5 Å². The molecule has 1 atom stereocenters. The maximum absolute atomic E-state index is 13.9. The van der Waals surface area contributed by atoms with Gasteiger partial charge in [-0.1, -0.05) is 6.07 Å². The van der Waals surface area contributed by atoms with Gasteiger partial charge in [-0.05, 0) is 87.2 Å². The molecule has 1 saturated heterocycles. The van der Waals surface area contributed by atoms with Crippen LogP contribution >= 0.6 is 11.3 Å². The highest BCUT2D eigenvalue weighted by Gasteiger charge is 2.27. The van der Waals surface area contributed by atoms with Crippen molar-refractivity contribution in [2.45, 2.75) is 45.8 Å². The van der Waals surface area contributed by atoms with Crippen LogP contribution in [-0.4, -0.2) is 74.9 Å². The Kier molecular flexibility index (Phi) is 11.5. The summed E-state index contributed by atoms with van der Waals surface area (Å²) in [5.74, 6) is 1.92. The molecule has 0 saturated carbocycles. The van der Waals surface area contributed by atoms with E-state index in [0.717, 1.165) is 29.0 Å². The number of rotatable bonds is 14. The first-order valence-corrected chi connectivity index (χ1v) is 15.1. The first-order valence-electron chi connectivity index (χ1n) is 14.3. The summed E-state index contributed by atoms with van der Waals surface area (Å²) < 4.78 is 22.2. The molecule has 10 heteroatoms. The number of benzene rings is 2. The maximum atomic E-state index is 13.9. The predicted octanol–water partition coefficient (Wildman–Crippen LogP) is 5.76. The summed E-state index contributed by atoms with van der Waals surface area (Å²) >= 11 is 1.67. The van der Waals surface area contributed by atoms with Crippen LogP contribution in [0.2, 0.25) is 0 Å². The molecule has 2 aromatic carbocycles. The first-order chi connectivity index (χ1) is 20.4. The second kappa shape index (κ2) is 15.5. The molecule has 42 heavy (non-hydrogen) atoms. The van der Waals surface area contributed by atoms with Crippen molar-refractivity contribution in [2.75, 3.05) is 52.4 Å². The number of nitrogens with zero attached hydrogens (tertiary/aromatic N) is 2. The van der Waals surface area contributed by atoms with Gasteiger partial charge in [0.1, 0.15) is 12.3 Å². The van der Waals surface area contributed by atoms with Gasteiger partial charge in [0.15, 0.2) is 11.5 Å². The Morgan fingerprint density at radius 1 is 1.02 bits per heavy atom. The number of carbonyl (C=O) groups excluding carboxylic acids is 2. The zero-order valence-corrected chi connectivity index (χ0v) is 25.7. The zero-order valence-electron chi connectivity index (χ0n) is 24.9. The monoisotopic (exact) mass is 595 g/mol. The van der Waals surface area contributed by atoms with E-state index in [1.54, 1.807) is 42.6 Å². The number of nitrogens with one attached hydrogen (secondary N) is 1. The number of carbonyl (C=O) groups is 2. The van der Waals surface area contributed by atoms with Crippen LogP contribution in [0.3, 0.4) is 0 Å². The summed E-state index contributed by atoms with van der Waals surface area (Å²) in [6, 6.07) is 16.8. The van der Waals surface area contributed by atoms with Gasteiger partial charge in [0.25, 0.3) is 0 Å². The number of urea groups is 1. The van der Waals surface area contributed by atoms with Crippen LogP contribution < -0.4 is 19.5 Å². The Morgan fingerprint density at radius 2 is 1.81 bits per heavy atom. The number of thiophene rings is 1. The van der Waals surface area contributed by atoms with Gasteiger partial charge < -0.3 is 34.1 Å². The van der Waals surface area contributed by atoms with Crippen molar-refractivity contribution >= 4 is 29.0 Å². The molecule has 1 aromatic heterocycles. The van der Waals surface area contributed by atoms with E-state index < -0.39 is 0 Å². The van der Waals surface area contributed by atoms with E-state index in [1.165, 1.54) is 4.88 Å². The van der Waals surface area contributed by atoms with E-state index in [0.29, 0.717) is 56.5 Å². The minimum atomic E-state index is -0.338. The molecule has 226 valence electrons. The number of hydrogen-bond acceptors (Lipinski definition) is 7. The lowest BCUT2D eigenvalue weighted by Crippen LogP contribution is -2.47. The third kappa shape index (κ3) is 8.87. The number of ether oxygens (including phenoxy) is 4. The largest absolute Gasteiger partial charge is 0.494 e. The number of methoxy groups -OCH3 is 2. The zero-order chi connectivity index (χ0) is 29.9. The van der Waals surface area contributed by atoms with E-state index in [1.807, 2.05) is 42.2 Å². The second-order valence-electron chi connectivity index (χ2n) is 10.2. The van der Waals surface area contributed by atoms with Gasteiger partial charge >= 0.3 is 6.03 Å². The smallest absolute Gasteiger partial charge is 0.322 e. The van der Waals surface area contributed by atoms with Gasteiger partial charge in [0, 0.05) is 35.1 Å². The normalized spacial score (nSPS) is 14.3. The molecule has 9 nitrogen and oxygen atoms in total. The minimum absolute atomic E-state index is 0.0565. The summed E-state index contributed by atoms with van der Waals surface area (Å²) in [5, 5.41) is 2.95. The Bertz CT molecular complexity index is 1310. The van der Waals surface area contributed by atoms with Gasteiger partial charge in [0.05, 0.1) is 33.5 Å². The van der Waals surface area contributed by atoms with E-state index >= 15 is 0 Å². The highest BCUT2D eigenvalue weighted by molar-refractivity contribution is 7.11. The lowest BCUT2D eigenvalue weighted by Gasteiger charge is -2.29. The van der Waals surface area contributed by atoms with Crippen molar-refractivity contribution in [2.24, 2.45) is 0 Å². The van der Waals surface area contributed by atoms with E-state index in [-0.39, 0.29) is 24.6 Å². The molecule has 3 amide bonds. The molecule has 1 fully saturated rings. The Labute approximate surface area is 252 Å². The van der Waals surface area contributed by atoms with Crippen molar-refractivity contribution in [3.8, 4) is 17.2 Å². The average Bonchev–Trinajstić information content (AvgIpc) is 3.67. The van der Waals surface area contributed by atoms with Crippen LogP contribution in [0.15, 0.2) is 54.6 Å². The topological polar surface area (TPSA) is 89.6 Å². The maximum Gasteiger partial charge on any atom is 0.322 e. The fourth-order valence-electron chi connectivity index (χ4n) is 4.87. The van der Waals surface area contributed by atoms with E-state index in [2.05, 4.69) is 24.4 Å². The fourth-order valence-corrected chi connectivity index (χ4v) is 5.78. The molecule has 1 aliphatic heterocycles. The van der Waals surface area contributed by atoms with Crippen molar-refractivity contribution in [1.82, 2.24) is 9.80 Å². The van der Waals surface area contributed by atoms with Crippen molar-refractivity contribution in [3.05, 3.63) is 69.9 Å². The Morgan fingerprint density at radius 3 is 2.45 bits per heavy atom. The third-order valence-electron chi connectivity index (χ3n) is 7.09. The van der Waals surface area contributed by atoms with Gasteiger partial charge in [-0.2, -0.15) is 0 Å². The van der Waals surface area contributed by atoms with Crippen LogP contribution in [0.25, 0.3) is 0 Å².